The molecule has 0 aromatic rings. The van der Waals surface area contributed by atoms with Gasteiger partial charge in [-0.3, -0.25) is 4.99 Å². The highest BCUT2D eigenvalue weighted by atomic mass is 14.7. The largest absolute Gasteiger partial charge is 0.274 e. The maximum absolute atomic E-state index is 8.28. The second-order valence-electron chi connectivity index (χ2n) is 1.57. The zero-order valence-electron chi connectivity index (χ0n) is 4.46. The zero-order valence-corrected chi connectivity index (χ0v) is 4.46. The van der Waals surface area contributed by atoms with E-state index in [2.05, 4.69) is 4.99 Å². The molecule has 2 heteroatoms. The van der Waals surface area contributed by atoms with E-state index in [1.165, 1.54) is 0 Å². The number of dihydropyridines is 1. The van der Waals surface area contributed by atoms with E-state index in [1.807, 2.05) is 18.2 Å². The molecule has 0 radical (unpaired) electrons. The minimum Gasteiger partial charge on any atom is -0.274 e. The van der Waals surface area contributed by atoms with Gasteiger partial charge >= 0.3 is 0 Å². The summed E-state index contributed by atoms with van der Waals surface area (Å²) in [5, 5.41) is 8.28. The van der Waals surface area contributed by atoms with Gasteiger partial charge < -0.3 is 0 Å². The molecule has 0 aromatic heterocycles. The van der Waals surface area contributed by atoms with Crippen LogP contribution in [-0.2, 0) is 0 Å². The Hall–Kier alpha value is -1.10. The van der Waals surface area contributed by atoms with Crippen molar-refractivity contribution < 1.29 is 0 Å². The van der Waals surface area contributed by atoms with Gasteiger partial charge in [-0.15, -0.1) is 0 Å². The summed E-state index contributed by atoms with van der Waals surface area (Å²) in [7, 11) is 0. The minimum atomic E-state index is 0.646. The van der Waals surface area contributed by atoms with Gasteiger partial charge in [-0.25, -0.2) is 0 Å². The predicted octanol–water partition coefficient (Wildman–Crippen LogP) is 0.911. The van der Waals surface area contributed by atoms with Crippen molar-refractivity contribution in [3.63, 3.8) is 0 Å². The average Bonchev–Trinajstić information content (AvgIpc) is 1.90. The Bertz CT molecular complexity index is 171. The summed E-state index contributed by atoms with van der Waals surface area (Å²) in [5.41, 5.74) is 0.646. The van der Waals surface area contributed by atoms with Gasteiger partial charge in [0.1, 0.15) is 11.8 Å². The third-order valence-electron chi connectivity index (χ3n) is 0.994. The lowest BCUT2D eigenvalue weighted by Gasteiger charge is -1.94. The van der Waals surface area contributed by atoms with Crippen molar-refractivity contribution in [3.8, 4) is 6.07 Å². The quantitative estimate of drug-likeness (QED) is 0.423. The summed E-state index contributed by atoms with van der Waals surface area (Å²) < 4.78 is 0. The molecule has 1 aliphatic rings. The van der Waals surface area contributed by atoms with E-state index in [4.69, 9.17) is 5.26 Å². The van der Waals surface area contributed by atoms with Gasteiger partial charge in [0.25, 0.3) is 0 Å². The number of aliphatic imine (C=N–C) groups is 1. The third kappa shape index (κ3) is 0.941. The lowest BCUT2D eigenvalue weighted by Crippen LogP contribution is -1.96. The Labute approximate surface area is 48.2 Å². The van der Waals surface area contributed by atoms with Crippen LogP contribution >= 0.6 is 0 Å². The number of allylic oxidation sites excluding steroid dienone is 1. The molecule has 0 amide bonds. The van der Waals surface area contributed by atoms with Gasteiger partial charge in [0.05, 0.1) is 6.54 Å². The van der Waals surface area contributed by atoms with E-state index < -0.39 is 0 Å². The topological polar surface area (TPSA) is 36.1 Å². The maximum atomic E-state index is 8.28. The Morgan fingerprint density at radius 1 is 1.62 bits per heavy atom. The van der Waals surface area contributed by atoms with E-state index in [-0.39, 0.29) is 0 Å². The third-order valence-corrected chi connectivity index (χ3v) is 0.994. The molecule has 8 heavy (non-hydrogen) atoms. The molecule has 0 aliphatic carbocycles. The molecule has 0 spiro atoms. The molecule has 40 valence electrons. The Morgan fingerprint density at radius 3 is 2.88 bits per heavy atom. The lowest BCUT2D eigenvalue weighted by molar-refractivity contribution is 1.17. The van der Waals surface area contributed by atoms with E-state index >= 15 is 0 Å². The van der Waals surface area contributed by atoms with Gasteiger partial charge in [0, 0.05) is 6.42 Å². The SMILES string of the molecule is N#CC1=NCC=CC1. The molecule has 0 fully saturated rings. The maximum Gasteiger partial charge on any atom is 0.116 e. The molecule has 0 saturated heterocycles. The fourth-order valence-corrected chi connectivity index (χ4v) is 0.578. The molecule has 0 atom stereocenters. The smallest absolute Gasteiger partial charge is 0.116 e. The van der Waals surface area contributed by atoms with Gasteiger partial charge in [0.2, 0.25) is 0 Å². The highest BCUT2D eigenvalue weighted by Crippen LogP contribution is 1.94. The summed E-state index contributed by atoms with van der Waals surface area (Å²) in [5.74, 6) is 0. The second kappa shape index (κ2) is 2.27. The summed E-state index contributed by atoms with van der Waals surface area (Å²) in [4.78, 5) is 3.92. The monoisotopic (exact) mass is 106 g/mol. The molecule has 0 bridgehead atoms. The number of nitriles is 1. The van der Waals surface area contributed by atoms with E-state index in [1.54, 1.807) is 0 Å². The van der Waals surface area contributed by atoms with Gasteiger partial charge in [-0.05, 0) is 0 Å². The van der Waals surface area contributed by atoms with Crippen LogP contribution in [0.1, 0.15) is 6.42 Å². The molecule has 0 aromatic carbocycles. The molecule has 0 unspecified atom stereocenters. The van der Waals surface area contributed by atoms with E-state index in [9.17, 15) is 0 Å². The summed E-state index contributed by atoms with van der Waals surface area (Å²) in [6.07, 6.45) is 4.64. The average molecular weight is 106 g/mol. The number of hydrogen-bond acceptors (Lipinski definition) is 2. The van der Waals surface area contributed by atoms with Crippen molar-refractivity contribution in [2.75, 3.05) is 6.54 Å². The van der Waals surface area contributed by atoms with Crippen LogP contribution in [0.25, 0.3) is 0 Å². The molecular weight excluding hydrogens is 100 g/mol. The molecule has 0 N–H and O–H groups in total. The van der Waals surface area contributed by atoms with Crippen molar-refractivity contribution in [3.05, 3.63) is 12.2 Å². The first-order valence-electron chi connectivity index (χ1n) is 2.52. The zero-order chi connectivity index (χ0) is 5.82. The van der Waals surface area contributed by atoms with Crippen molar-refractivity contribution in [1.82, 2.24) is 0 Å². The first kappa shape index (κ1) is 5.04. The van der Waals surface area contributed by atoms with Crippen LogP contribution in [0.15, 0.2) is 17.1 Å². The van der Waals surface area contributed by atoms with Crippen molar-refractivity contribution in [2.45, 2.75) is 6.42 Å². The van der Waals surface area contributed by atoms with Gasteiger partial charge in [0.15, 0.2) is 0 Å². The van der Waals surface area contributed by atoms with Crippen molar-refractivity contribution >= 4 is 5.71 Å². The normalized spacial score (nSPS) is 17.1. The number of rotatable bonds is 0. The molecule has 2 nitrogen and oxygen atoms in total. The van der Waals surface area contributed by atoms with Crippen LogP contribution in [0.4, 0.5) is 0 Å². The predicted molar refractivity (Wildman–Crippen MR) is 31.7 cm³/mol. The lowest BCUT2D eigenvalue weighted by atomic mass is 10.2. The van der Waals surface area contributed by atoms with Gasteiger partial charge in [-0.2, -0.15) is 5.26 Å². The van der Waals surface area contributed by atoms with E-state index in [0.29, 0.717) is 12.3 Å². The fourth-order valence-electron chi connectivity index (χ4n) is 0.578. The van der Waals surface area contributed by atoms with Gasteiger partial charge in [-0.1, -0.05) is 12.2 Å². The first-order chi connectivity index (χ1) is 3.93. The fraction of sp³-hybridized carbons (Fsp3) is 0.333. The van der Waals surface area contributed by atoms with Crippen LogP contribution in [-0.4, -0.2) is 12.3 Å². The van der Waals surface area contributed by atoms with E-state index in [0.717, 1.165) is 6.42 Å². The van der Waals surface area contributed by atoms with Crippen molar-refractivity contribution in [1.29, 1.82) is 5.26 Å². The highest BCUT2D eigenvalue weighted by Gasteiger charge is 1.94. The Morgan fingerprint density at radius 2 is 2.50 bits per heavy atom. The summed E-state index contributed by atoms with van der Waals surface area (Å²) in [6, 6.07) is 2.00. The Balaban J connectivity index is 2.59. The summed E-state index contributed by atoms with van der Waals surface area (Å²) >= 11 is 0. The number of hydrogen-bond donors (Lipinski definition) is 0. The number of nitrogens with zero attached hydrogens (tertiary/aromatic N) is 2. The highest BCUT2D eigenvalue weighted by molar-refractivity contribution is 5.99. The molecule has 1 aliphatic heterocycles. The van der Waals surface area contributed by atoms with Crippen molar-refractivity contribution in [2.24, 2.45) is 4.99 Å². The summed E-state index contributed by atoms with van der Waals surface area (Å²) in [6.45, 7) is 0.683. The van der Waals surface area contributed by atoms with Crippen LogP contribution in [0.5, 0.6) is 0 Å². The second-order valence-corrected chi connectivity index (χ2v) is 1.57. The van der Waals surface area contributed by atoms with Crippen LogP contribution < -0.4 is 0 Å². The molecule has 1 rings (SSSR count). The standard InChI is InChI=1S/C6H6N2/c7-5-6-3-1-2-4-8-6/h1-2H,3-4H2. The molecular formula is C6H6N2. The van der Waals surface area contributed by atoms with Crippen LogP contribution in [0.3, 0.4) is 0 Å². The molecule has 1 heterocycles. The minimum absolute atomic E-state index is 0.646. The van der Waals surface area contributed by atoms with Crippen LogP contribution in [0, 0.1) is 11.3 Å². The Kier molecular flexibility index (Phi) is 1.43. The van der Waals surface area contributed by atoms with Crippen LogP contribution in [0.2, 0.25) is 0 Å². The first-order valence-corrected chi connectivity index (χ1v) is 2.52. The molecule has 0 saturated carbocycles.